The van der Waals surface area contributed by atoms with Crippen molar-refractivity contribution in [3.8, 4) is 0 Å². The summed E-state index contributed by atoms with van der Waals surface area (Å²) < 4.78 is 36.6. The Balaban J connectivity index is 2.69. The highest BCUT2D eigenvalue weighted by molar-refractivity contribution is 5.72. The number of hydrogen-bond donors (Lipinski definition) is 1. The van der Waals surface area contributed by atoms with Crippen LogP contribution >= 0.6 is 0 Å². The fourth-order valence-corrected chi connectivity index (χ4v) is 1.08. The molecule has 0 bridgehead atoms. The van der Waals surface area contributed by atoms with E-state index in [1.807, 2.05) is 0 Å². The normalized spacial score (nSPS) is 12.3. The molecule has 14 heavy (non-hydrogen) atoms. The van der Waals surface area contributed by atoms with Gasteiger partial charge in [-0.25, -0.2) is 15.0 Å². The van der Waals surface area contributed by atoms with Crippen molar-refractivity contribution in [2.45, 2.75) is 13.1 Å². The molecule has 0 saturated carbocycles. The van der Waals surface area contributed by atoms with Crippen LogP contribution in [0, 0.1) is 6.92 Å². The predicted molar refractivity (Wildman–Crippen MR) is 41.4 cm³/mol. The van der Waals surface area contributed by atoms with Crippen LogP contribution in [0.5, 0.6) is 0 Å². The smallest absolute Gasteiger partial charge is 0.331 e. The number of aromatic amines is 1. The highest BCUT2D eigenvalue weighted by Gasteiger charge is 2.35. The van der Waals surface area contributed by atoms with Crippen LogP contribution in [-0.4, -0.2) is 19.9 Å². The monoisotopic (exact) mass is 202 g/mol. The zero-order valence-electron chi connectivity index (χ0n) is 7.05. The van der Waals surface area contributed by atoms with Crippen LogP contribution in [-0.2, 0) is 6.18 Å². The van der Waals surface area contributed by atoms with Gasteiger partial charge in [0.25, 0.3) is 0 Å². The predicted octanol–water partition coefficient (Wildman–Crippen LogP) is 1.68. The molecule has 2 rings (SSSR count). The van der Waals surface area contributed by atoms with Crippen LogP contribution in [0.3, 0.4) is 0 Å². The molecule has 4 nitrogen and oxygen atoms in total. The molecular formula is C7H5F3N4. The van der Waals surface area contributed by atoms with E-state index in [-0.39, 0.29) is 11.2 Å². The van der Waals surface area contributed by atoms with Crippen LogP contribution in [0.25, 0.3) is 11.2 Å². The summed E-state index contributed by atoms with van der Waals surface area (Å²) in [6.07, 6.45) is -3.30. The van der Waals surface area contributed by atoms with Gasteiger partial charge in [0.2, 0.25) is 5.82 Å². The van der Waals surface area contributed by atoms with Crippen molar-refractivity contribution < 1.29 is 13.2 Å². The summed E-state index contributed by atoms with van der Waals surface area (Å²) in [7, 11) is 0. The second-order valence-electron chi connectivity index (χ2n) is 2.74. The molecule has 0 radical (unpaired) electrons. The molecule has 0 unspecified atom stereocenters. The number of fused-ring (bicyclic) bond motifs is 1. The minimum Gasteiger partial charge on any atom is -0.331 e. The number of nitrogens with one attached hydrogen (secondary N) is 1. The molecule has 74 valence electrons. The van der Waals surface area contributed by atoms with Gasteiger partial charge in [0.1, 0.15) is 11.8 Å². The van der Waals surface area contributed by atoms with E-state index in [2.05, 4.69) is 19.9 Å². The first-order valence-corrected chi connectivity index (χ1v) is 3.73. The standard InChI is InChI=1S/C7H5F3N4/c1-3-4-5(12-2-11-3)14-6(13-4)7(8,9)10/h2H,1H3,(H,11,12,13,14). The molecule has 0 atom stereocenters. The Morgan fingerprint density at radius 2 is 2.00 bits per heavy atom. The molecular weight excluding hydrogens is 197 g/mol. The van der Waals surface area contributed by atoms with Crippen molar-refractivity contribution in [2.75, 3.05) is 0 Å². The largest absolute Gasteiger partial charge is 0.449 e. The maximum Gasteiger partial charge on any atom is 0.449 e. The summed E-state index contributed by atoms with van der Waals surface area (Å²) >= 11 is 0. The quantitative estimate of drug-likeness (QED) is 0.707. The number of aromatic nitrogens is 4. The number of alkyl halides is 3. The molecule has 0 aliphatic heterocycles. The molecule has 2 aromatic heterocycles. The number of hydrogen-bond acceptors (Lipinski definition) is 3. The first-order chi connectivity index (χ1) is 6.48. The van der Waals surface area contributed by atoms with E-state index in [4.69, 9.17) is 0 Å². The Labute approximate surface area is 76.2 Å². The molecule has 2 heterocycles. The van der Waals surface area contributed by atoms with Gasteiger partial charge in [-0.05, 0) is 6.92 Å². The number of halogens is 3. The minimum absolute atomic E-state index is 0.0322. The van der Waals surface area contributed by atoms with Gasteiger partial charge >= 0.3 is 6.18 Å². The fourth-order valence-electron chi connectivity index (χ4n) is 1.08. The van der Waals surface area contributed by atoms with E-state index < -0.39 is 12.0 Å². The van der Waals surface area contributed by atoms with Crippen molar-refractivity contribution in [1.82, 2.24) is 19.9 Å². The lowest BCUT2D eigenvalue weighted by atomic mass is 10.4. The topological polar surface area (TPSA) is 54.5 Å². The van der Waals surface area contributed by atoms with Crippen LogP contribution in [0.2, 0.25) is 0 Å². The Morgan fingerprint density at radius 3 is 2.57 bits per heavy atom. The molecule has 0 aliphatic carbocycles. The van der Waals surface area contributed by atoms with E-state index in [9.17, 15) is 13.2 Å². The maximum absolute atomic E-state index is 12.2. The number of nitrogens with zero attached hydrogens (tertiary/aromatic N) is 3. The average Bonchev–Trinajstić information content (AvgIpc) is 2.48. The van der Waals surface area contributed by atoms with Crippen molar-refractivity contribution in [3.63, 3.8) is 0 Å². The molecule has 0 aromatic carbocycles. The third kappa shape index (κ3) is 1.30. The molecule has 0 spiro atoms. The fraction of sp³-hybridized carbons (Fsp3) is 0.286. The van der Waals surface area contributed by atoms with E-state index in [0.717, 1.165) is 0 Å². The van der Waals surface area contributed by atoms with E-state index >= 15 is 0 Å². The zero-order chi connectivity index (χ0) is 10.3. The van der Waals surface area contributed by atoms with E-state index in [1.54, 1.807) is 6.92 Å². The molecule has 2 aromatic rings. The number of H-pyrrole nitrogens is 1. The average molecular weight is 202 g/mol. The number of imidazole rings is 1. The van der Waals surface area contributed by atoms with Crippen LogP contribution in [0.1, 0.15) is 11.5 Å². The molecule has 7 heteroatoms. The number of aryl methyl sites for hydroxylation is 1. The van der Waals surface area contributed by atoms with E-state index in [1.165, 1.54) is 6.33 Å². The Kier molecular flexibility index (Phi) is 1.70. The van der Waals surface area contributed by atoms with Crippen molar-refractivity contribution in [2.24, 2.45) is 0 Å². The molecule has 1 N–H and O–H groups in total. The highest BCUT2D eigenvalue weighted by Crippen LogP contribution is 2.28. The Bertz CT molecular complexity index is 473. The van der Waals surface area contributed by atoms with Gasteiger partial charge in [0, 0.05) is 0 Å². The minimum atomic E-state index is -4.48. The summed E-state index contributed by atoms with van der Waals surface area (Å²) in [6.45, 7) is 1.59. The zero-order valence-corrected chi connectivity index (χ0v) is 7.05. The van der Waals surface area contributed by atoms with E-state index in [0.29, 0.717) is 5.69 Å². The van der Waals surface area contributed by atoms with Crippen molar-refractivity contribution in [1.29, 1.82) is 0 Å². The second kappa shape index (κ2) is 2.66. The van der Waals surface area contributed by atoms with Crippen LogP contribution in [0.4, 0.5) is 13.2 Å². The summed E-state index contributed by atoms with van der Waals surface area (Å²) in [5, 5.41) is 0. The van der Waals surface area contributed by atoms with Gasteiger partial charge < -0.3 is 4.98 Å². The Morgan fingerprint density at radius 1 is 1.29 bits per heavy atom. The Hall–Kier alpha value is -1.66. The van der Waals surface area contributed by atoms with Gasteiger partial charge in [-0.3, -0.25) is 0 Å². The maximum atomic E-state index is 12.2. The number of rotatable bonds is 0. The SMILES string of the molecule is Cc1ncnc2nc(C(F)(F)F)[nH]c12. The third-order valence-corrected chi connectivity index (χ3v) is 1.75. The van der Waals surface area contributed by atoms with Gasteiger partial charge in [0.15, 0.2) is 5.65 Å². The first-order valence-electron chi connectivity index (χ1n) is 3.73. The van der Waals surface area contributed by atoms with Crippen LogP contribution in [0.15, 0.2) is 6.33 Å². The lowest BCUT2D eigenvalue weighted by molar-refractivity contribution is -0.144. The highest BCUT2D eigenvalue weighted by atomic mass is 19.4. The summed E-state index contributed by atoms with van der Waals surface area (Å²) in [6, 6.07) is 0. The summed E-state index contributed by atoms with van der Waals surface area (Å²) in [4.78, 5) is 12.8. The van der Waals surface area contributed by atoms with Gasteiger partial charge in [-0.1, -0.05) is 0 Å². The summed E-state index contributed by atoms with van der Waals surface area (Å²) in [5.74, 6) is -1.05. The second-order valence-corrected chi connectivity index (χ2v) is 2.74. The lowest BCUT2D eigenvalue weighted by Gasteiger charge is -1.98. The van der Waals surface area contributed by atoms with Gasteiger partial charge in [-0.2, -0.15) is 13.2 Å². The molecule has 0 saturated heterocycles. The van der Waals surface area contributed by atoms with Crippen molar-refractivity contribution in [3.05, 3.63) is 17.8 Å². The summed E-state index contributed by atoms with van der Waals surface area (Å²) in [5.41, 5.74) is 0.697. The van der Waals surface area contributed by atoms with Gasteiger partial charge in [0.05, 0.1) is 5.69 Å². The first kappa shape index (κ1) is 8.92. The molecule has 0 fully saturated rings. The molecule has 0 amide bonds. The lowest BCUT2D eigenvalue weighted by Crippen LogP contribution is -2.06. The van der Waals surface area contributed by atoms with Crippen molar-refractivity contribution >= 4 is 11.2 Å². The third-order valence-electron chi connectivity index (χ3n) is 1.75. The van der Waals surface area contributed by atoms with Gasteiger partial charge in [-0.15, -0.1) is 0 Å². The van der Waals surface area contributed by atoms with Crippen LogP contribution < -0.4 is 0 Å². The molecule has 0 aliphatic rings.